The third-order valence-corrected chi connectivity index (χ3v) is 5.22. The zero-order valence-corrected chi connectivity index (χ0v) is 14.0. The van der Waals surface area contributed by atoms with Crippen LogP contribution in [0.2, 0.25) is 0 Å². The first-order valence-electron chi connectivity index (χ1n) is 7.51. The van der Waals surface area contributed by atoms with Gasteiger partial charge in [-0.2, -0.15) is 0 Å². The number of aryl methyl sites for hydroxylation is 1. The van der Waals surface area contributed by atoms with Crippen LogP contribution < -0.4 is 4.72 Å². The standard InChI is InChI=1S/C14H23N3O4S/c1-10-6-4-5-7-17(10)14(18)12(3)16-22(19,20)9-13-8-11(2)21-15-13/h8,10,12,16H,4-7,9H2,1-3H3/t10-,12+/m0/s1. The highest BCUT2D eigenvalue weighted by Crippen LogP contribution is 2.17. The lowest BCUT2D eigenvalue weighted by molar-refractivity contribution is -0.135. The first kappa shape index (κ1) is 17.0. The zero-order valence-electron chi connectivity index (χ0n) is 13.2. The lowest BCUT2D eigenvalue weighted by Gasteiger charge is -2.35. The van der Waals surface area contributed by atoms with E-state index in [0.717, 1.165) is 19.3 Å². The van der Waals surface area contributed by atoms with E-state index in [4.69, 9.17) is 4.52 Å². The van der Waals surface area contributed by atoms with Gasteiger partial charge in [-0.05, 0) is 40.0 Å². The normalized spacial score (nSPS) is 20.9. The fourth-order valence-corrected chi connectivity index (χ4v) is 3.96. The van der Waals surface area contributed by atoms with E-state index in [-0.39, 0.29) is 17.7 Å². The molecule has 2 rings (SSSR count). The second-order valence-corrected chi connectivity index (χ2v) is 7.66. The number of nitrogens with one attached hydrogen (secondary N) is 1. The number of hydrogen-bond acceptors (Lipinski definition) is 5. The lowest BCUT2D eigenvalue weighted by Crippen LogP contribution is -2.51. The quantitative estimate of drug-likeness (QED) is 0.876. The molecule has 0 saturated carbocycles. The maximum Gasteiger partial charge on any atom is 0.240 e. The molecule has 2 heterocycles. The van der Waals surface area contributed by atoms with Gasteiger partial charge in [-0.15, -0.1) is 0 Å². The Bertz CT molecular complexity index is 626. The van der Waals surface area contributed by atoms with Crippen LogP contribution in [-0.4, -0.2) is 43.0 Å². The monoisotopic (exact) mass is 329 g/mol. The minimum Gasteiger partial charge on any atom is -0.361 e. The number of carbonyl (C=O) groups is 1. The van der Waals surface area contributed by atoms with Crippen molar-refractivity contribution >= 4 is 15.9 Å². The van der Waals surface area contributed by atoms with Gasteiger partial charge in [0.1, 0.15) is 17.2 Å². The van der Waals surface area contributed by atoms with E-state index in [2.05, 4.69) is 9.88 Å². The summed E-state index contributed by atoms with van der Waals surface area (Å²) in [5, 5.41) is 3.67. The number of sulfonamides is 1. The van der Waals surface area contributed by atoms with Crippen LogP contribution in [0.1, 0.15) is 44.6 Å². The number of carbonyl (C=O) groups excluding carboxylic acids is 1. The van der Waals surface area contributed by atoms with Gasteiger partial charge in [0.15, 0.2) is 0 Å². The number of nitrogens with zero attached hydrogens (tertiary/aromatic N) is 2. The highest BCUT2D eigenvalue weighted by Gasteiger charge is 2.29. The molecule has 0 radical (unpaired) electrons. The van der Waals surface area contributed by atoms with Crippen LogP contribution >= 0.6 is 0 Å². The summed E-state index contributed by atoms with van der Waals surface area (Å²) < 4.78 is 31.5. The minimum absolute atomic E-state index is 0.159. The molecule has 1 fully saturated rings. The van der Waals surface area contributed by atoms with Crippen molar-refractivity contribution in [2.75, 3.05) is 6.54 Å². The predicted molar refractivity (Wildman–Crippen MR) is 81.5 cm³/mol. The molecule has 7 nitrogen and oxygen atoms in total. The summed E-state index contributed by atoms with van der Waals surface area (Å²) in [5.41, 5.74) is 0.330. The van der Waals surface area contributed by atoms with E-state index in [9.17, 15) is 13.2 Å². The molecule has 0 aromatic carbocycles. The highest BCUT2D eigenvalue weighted by molar-refractivity contribution is 7.88. The second-order valence-electron chi connectivity index (χ2n) is 5.90. The van der Waals surface area contributed by atoms with E-state index in [1.54, 1.807) is 24.8 Å². The van der Waals surface area contributed by atoms with Gasteiger partial charge in [0.05, 0.1) is 6.04 Å². The Kier molecular flexibility index (Phi) is 5.23. The van der Waals surface area contributed by atoms with Crippen molar-refractivity contribution in [3.8, 4) is 0 Å². The van der Waals surface area contributed by atoms with Crippen LogP contribution in [0.15, 0.2) is 10.6 Å². The van der Waals surface area contributed by atoms with E-state index < -0.39 is 16.1 Å². The summed E-state index contributed by atoms with van der Waals surface area (Å²) in [6, 6.07) is 0.947. The smallest absolute Gasteiger partial charge is 0.240 e. The van der Waals surface area contributed by atoms with Gasteiger partial charge in [-0.25, -0.2) is 13.1 Å². The first-order chi connectivity index (χ1) is 10.3. The third kappa shape index (κ3) is 4.30. The maximum absolute atomic E-state index is 12.4. The van der Waals surface area contributed by atoms with Crippen LogP contribution in [0.25, 0.3) is 0 Å². The molecule has 2 atom stereocenters. The fourth-order valence-electron chi connectivity index (χ4n) is 2.72. The molecule has 1 saturated heterocycles. The molecule has 0 spiro atoms. The topological polar surface area (TPSA) is 92.5 Å². The van der Waals surface area contributed by atoms with Gasteiger partial charge in [0.2, 0.25) is 15.9 Å². The van der Waals surface area contributed by atoms with Gasteiger partial charge in [-0.1, -0.05) is 5.16 Å². The Balaban J connectivity index is 1.97. The molecule has 1 aliphatic rings. The van der Waals surface area contributed by atoms with E-state index in [1.165, 1.54) is 0 Å². The molecule has 1 aliphatic heterocycles. The molecule has 1 N–H and O–H groups in total. The Hall–Kier alpha value is -1.41. The number of hydrogen-bond donors (Lipinski definition) is 1. The van der Waals surface area contributed by atoms with Gasteiger partial charge in [0, 0.05) is 18.7 Å². The maximum atomic E-state index is 12.4. The van der Waals surface area contributed by atoms with Gasteiger partial charge < -0.3 is 9.42 Å². The van der Waals surface area contributed by atoms with Crippen LogP contribution in [0.3, 0.4) is 0 Å². The summed E-state index contributed by atoms with van der Waals surface area (Å²) in [7, 11) is -3.64. The van der Waals surface area contributed by atoms with Crippen molar-refractivity contribution in [3.63, 3.8) is 0 Å². The Morgan fingerprint density at radius 3 is 2.86 bits per heavy atom. The number of aromatic nitrogens is 1. The lowest BCUT2D eigenvalue weighted by atomic mass is 10.0. The summed E-state index contributed by atoms with van der Waals surface area (Å²) in [6.07, 6.45) is 3.04. The number of piperidine rings is 1. The summed E-state index contributed by atoms with van der Waals surface area (Å²) in [4.78, 5) is 14.2. The number of rotatable bonds is 5. The third-order valence-electron chi connectivity index (χ3n) is 3.83. The Labute approximate surface area is 131 Å². The Morgan fingerprint density at radius 2 is 2.27 bits per heavy atom. The average molecular weight is 329 g/mol. The molecule has 1 aromatic heterocycles. The zero-order chi connectivity index (χ0) is 16.3. The number of amides is 1. The first-order valence-corrected chi connectivity index (χ1v) is 9.16. The van der Waals surface area contributed by atoms with Crippen LogP contribution in [0, 0.1) is 6.92 Å². The van der Waals surface area contributed by atoms with Crippen LogP contribution in [0.5, 0.6) is 0 Å². The summed E-state index contributed by atoms with van der Waals surface area (Å²) >= 11 is 0. The highest BCUT2D eigenvalue weighted by atomic mass is 32.2. The van der Waals surface area contributed by atoms with Crippen LogP contribution in [-0.2, 0) is 20.6 Å². The largest absolute Gasteiger partial charge is 0.361 e. The molecule has 124 valence electrons. The van der Waals surface area contributed by atoms with Crippen molar-refractivity contribution in [1.29, 1.82) is 0 Å². The fraction of sp³-hybridized carbons (Fsp3) is 0.714. The molecule has 22 heavy (non-hydrogen) atoms. The molecule has 0 aliphatic carbocycles. The number of likely N-dealkylation sites (tertiary alicyclic amines) is 1. The molecule has 1 aromatic rings. The SMILES string of the molecule is Cc1cc(CS(=O)(=O)N[C@H](C)C(=O)N2CCCC[C@@H]2C)no1. The van der Waals surface area contributed by atoms with E-state index in [0.29, 0.717) is 18.0 Å². The van der Waals surface area contributed by atoms with Gasteiger partial charge >= 0.3 is 0 Å². The van der Waals surface area contributed by atoms with Crippen LogP contribution in [0.4, 0.5) is 0 Å². The van der Waals surface area contributed by atoms with Gasteiger partial charge in [-0.3, -0.25) is 4.79 Å². The van der Waals surface area contributed by atoms with Crippen molar-refractivity contribution in [2.24, 2.45) is 0 Å². The Morgan fingerprint density at radius 1 is 1.55 bits per heavy atom. The molecular formula is C14H23N3O4S. The average Bonchev–Trinajstić information content (AvgIpc) is 2.82. The van der Waals surface area contributed by atoms with Crippen molar-refractivity contribution in [3.05, 3.63) is 17.5 Å². The minimum atomic E-state index is -3.64. The second kappa shape index (κ2) is 6.78. The molecule has 0 unspecified atom stereocenters. The molecule has 1 amide bonds. The van der Waals surface area contributed by atoms with Crippen molar-refractivity contribution in [1.82, 2.24) is 14.8 Å². The van der Waals surface area contributed by atoms with Crippen molar-refractivity contribution in [2.45, 2.75) is 57.9 Å². The van der Waals surface area contributed by atoms with E-state index in [1.807, 2.05) is 6.92 Å². The predicted octanol–water partition coefficient (Wildman–Crippen LogP) is 1.19. The molecule has 8 heteroatoms. The summed E-state index contributed by atoms with van der Waals surface area (Å²) in [5.74, 6) is 0.0842. The van der Waals surface area contributed by atoms with Crippen molar-refractivity contribution < 1.29 is 17.7 Å². The summed E-state index contributed by atoms with van der Waals surface area (Å²) in [6.45, 7) is 5.96. The van der Waals surface area contributed by atoms with Gasteiger partial charge in [0.25, 0.3) is 0 Å². The molecule has 0 bridgehead atoms. The molecular weight excluding hydrogens is 306 g/mol. The van der Waals surface area contributed by atoms with E-state index >= 15 is 0 Å².